The molecule has 0 spiro atoms. The second-order valence-corrected chi connectivity index (χ2v) is 7.67. The first-order valence-electron chi connectivity index (χ1n) is 9.99. The Balaban J connectivity index is 1.52. The Morgan fingerprint density at radius 2 is 1.93 bits per heavy atom. The van der Waals surface area contributed by atoms with Crippen LogP contribution in [0.15, 0.2) is 35.5 Å². The van der Waals surface area contributed by atoms with Crippen LogP contribution in [0, 0.1) is 31.4 Å². The third-order valence-electron chi connectivity index (χ3n) is 5.42. The van der Waals surface area contributed by atoms with Crippen molar-refractivity contribution >= 4 is 17.7 Å². The fraction of sp³-hybridized carbons (Fsp3) is 0.409. The molecule has 0 radical (unpaired) electrons. The number of aryl methyl sites for hydroxylation is 2. The molecule has 0 bridgehead atoms. The number of benzene rings is 1. The molecule has 1 saturated heterocycles. The first-order valence-corrected chi connectivity index (χ1v) is 9.99. The highest BCUT2D eigenvalue weighted by Crippen LogP contribution is 2.22. The summed E-state index contributed by atoms with van der Waals surface area (Å²) in [5.74, 6) is -1.08. The number of likely N-dealkylation sites (tertiary alicyclic amines) is 1. The molecule has 1 N–H and O–H groups in total. The van der Waals surface area contributed by atoms with E-state index in [0.29, 0.717) is 25.2 Å². The molecule has 0 atom stereocenters. The summed E-state index contributed by atoms with van der Waals surface area (Å²) in [6, 6.07) is 5.59. The van der Waals surface area contributed by atoms with E-state index in [9.17, 15) is 18.8 Å². The molecule has 30 heavy (non-hydrogen) atoms. The van der Waals surface area contributed by atoms with E-state index in [1.54, 1.807) is 4.68 Å². The van der Waals surface area contributed by atoms with Crippen LogP contribution in [0.3, 0.4) is 0 Å². The maximum Gasteiger partial charge on any atom is 0.244 e. The summed E-state index contributed by atoms with van der Waals surface area (Å²) in [6.07, 6.45) is 4.73. The number of nitrogens with zero attached hydrogens (tertiary/aromatic N) is 4. The second kappa shape index (κ2) is 9.65. The fourth-order valence-electron chi connectivity index (χ4n) is 3.74. The van der Waals surface area contributed by atoms with E-state index in [1.807, 2.05) is 24.8 Å². The molecular weight excluding hydrogens is 390 g/mol. The molecular formula is C22H26F2N4O2. The van der Waals surface area contributed by atoms with Crippen molar-refractivity contribution in [1.82, 2.24) is 14.7 Å². The zero-order chi connectivity index (χ0) is 21.7. The third-order valence-corrected chi connectivity index (χ3v) is 5.42. The first kappa shape index (κ1) is 21.7. The largest absolute Gasteiger partial charge is 0.411 e. The highest BCUT2D eigenvalue weighted by molar-refractivity contribution is 5.98. The molecule has 160 valence electrons. The molecule has 1 aliphatic heterocycles. The highest BCUT2D eigenvalue weighted by Gasteiger charge is 2.24. The van der Waals surface area contributed by atoms with Gasteiger partial charge >= 0.3 is 0 Å². The molecule has 1 aliphatic rings. The van der Waals surface area contributed by atoms with Gasteiger partial charge in [0.1, 0.15) is 18.2 Å². The second-order valence-electron chi connectivity index (χ2n) is 7.67. The van der Waals surface area contributed by atoms with E-state index < -0.39 is 11.6 Å². The molecule has 0 aliphatic carbocycles. The Hall–Kier alpha value is -3.03. The van der Waals surface area contributed by atoms with Gasteiger partial charge in [0.05, 0.1) is 11.4 Å². The Morgan fingerprint density at radius 1 is 1.27 bits per heavy atom. The van der Waals surface area contributed by atoms with Gasteiger partial charge in [0, 0.05) is 24.3 Å². The number of oxime groups is 1. The predicted molar refractivity (Wildman–Crippen MR) is 110 cm³/mol. The molecule has 1 fully saturated rings. The molecule has 2 heterocycles. The van der Waals surface area contributed by atoms with Crippen LogP contribution in [0.1, 0.15) is 36.2 Å². The van der Waals surface area contributed by atoms with Gasteiger partial charge in [-0.05, 0) is 69.4 Å². The van der Waals surface area contributed by atoms with Crippen LogP contribution >= 0.6 is 0 Å². The van der Waals surface area contributed by atoms with Gasteiger partial charge in [-0.15, -0.1) is 0 Å². The summed E-state index contributed by atoms with van der Waals surface area (Å²) < 4.78 is 29.2. The van der Waals surface area contributed by atoms with Crippen LogP contribution in [-0.4, -0.2) is 44.6 Å². The van der Waals surface area contributed by atoms with Gasteiger partial charge in [0.15, 0.2) is 0 Å². The van der Waals surface area contributed by atoms with Gasteiger partial charge in [0.25, 0.3) is 0 Å². The molecule has 2 aromatic rings. The molecule has 0 saturated carbocycles. The van der Waals surface area contributed by atoms with Crippen LogP contribution in [-0.2, 0) is 11.3 Å². The van der Waals surface area contributed by atoms with Crippen molar-refractivity contribution < 1.29 is 18.8 Å². The normalized spacial score (nSPS) is 15.9. The lowest BCUT2D eigenvalue weighted by atomic mass is 9.91. The Morgan fingerprint density at radius 3 is 2.50 bits per heavy atom. The quantitative estimate of drug-likeness (QED) is 0.440. The van der Waals surface area contributed by atoms with E-state index in [1.165, 1.54) is 30.4 Å². The van der Waals surface area contributed by atoms with Crippen molar-refractivity contribution in [1.29, 1.82) is 0 Å². The number of halogens is 2. The average Bonchev–Trinajstić information content (AvgIpc) is 3.03. The minimum Gasteiger partial charge on any atom is -0.411 e. The fourth-order valence-corrected chi connectivity index (χ4v) is 3.74. The van der Waals surface area contributed by atoms with E-state index >= 15 is 0 Å². The van der Waals surface area contributed by atoms with E-state index in [0.717, 1.165) is 24.2 Å². The number of rotatable bonds is 6. The van der Waals surface area contributed by atoms with Crippen molar-refractivity contribution in [2.45, 2.75) is 39.7 Å². The zero-order valence-corrected chi connectivity index (χ0v) is 17.2. The summed E-state index contributed by atoms with van der Waals surface area (Å²) in [5.41, 5.74) is 2.03. The number of piperidine rings is 1. The molecule has 3 rings (SSSR count). The van der Waals surface area contributed by atoms with Crippen molar-refractivity contribution in [3.05, 3.63) is 58.9 Å². The lowest BCUT2D eigenvalue weighted by Gasteiger charge is -2.32. The van der Waals surface area contributed by atoms with Gasteiger partial charge in [-0.1, -0.05) is 11.2 Å². The highest BCUT2D eigenvalue weighted by atomic mass is 19.1. The maximum absolute atomic E-state index is 13.7. The number of amides is 1. The van der Waals surface area contributed by atoms with Crippen molar-refractivity contribution in [3.8, 4) is 0 Å². The van der Waals surface area contributed by atoms with Crippen molar-refractivity contribution in [2.24, 2.45) is 11.1 Å². The molecule has 1 aromatic heterocycles. The standard InChI is InChI=1S/C22H26F2N4O2/c1-15-12-16(2)28(25-15)14-22(29)27-10-8-17(9-11-27)13-18(26-30)6-7-19-20(23)4-3-5-21(19)24/h3-7,12,17,30H,8-11,13-14H2,1-2H3/b7-6+,26-18?. The average molecular weight is 416 g/mol. The lowest BCUT2D eigenvalue weighted by molar-refractivity contribution is -0.133. The molecule has 8 heteroatoms. The van der Waals surface area contributed by atoms with Crippen molar-refractivity contribution in [3.63, 3.8) is 0 Å². The SMILES string of the molecule is Cc1cc(C)n(CC(=O)N2CCC(CC(/C=C/c3c(F)cccc3F)=NO)CC2)n1. The van der Waals surface area contributed by atoms with E-state index in [4.69, 9.17) is 0 Å². The van der Waals surface area contributed by atoms with Gasteiger partial charge in [0.2, 0.25) is 5.91 Å². The molecule has 1 amide bonds. The summed E-state index contributed by atoms with van der Waals surface area (Å²) >= 11 is 0. The molecule has 0 unspecified atom stereocenters. The third kappa shape index (κ3) is 5.31. The van der Waals surface area contributed by atoms with Crippen LogP contribution < -0.4 is 0 Å². The summed E-state index contributed by atoms with van der Waals surface area (Å²) in [5, 5.41) is 16.9. The van der Waals surface area contributed by atoms with Gasteiger partial charge in [-0.25, -0.2) is 8.78 Å². The van der Waals surface area contributed by atoms with Crippen LogP contribution in [0.2, 0.25) is 0 Å². The Kier molecular flexibility index (Phi) is 6.97. The minimum absolute atomic E-state index is 0.0330. The summed E-state index contributed by atoms with van der Waals surface area (Å²) in [6.45, 7) is 5.29. The van der Waals surface area contributed by atoms with E-state index in [2.05, 4.69) is 10.3 Å². The number of hydrogen-bond acceptors (Lipinski definition) is 4. The van der Waals surface area contributed by atoms with Crippen molar-refractivity contribution in [2.75, 3.05) is 13.1 Å². The van der Waals surface area contributed by atoms with Gasteiger partial charge in [-0.2, -0.15) is 5.10 Å². The summed E-state index contributed by atoms with van der Waals surface area (Å²) in [4.78, 5) is 14.4. The Labute approximate surface area is 174 Å². The minimum atomic E-state index is -0.669. The number of allylic oxidation sites excluding steroid dienone is 1. The van der Waals surface area contributed by atoms with Crippen LogP contribution in [0.25, 0.3) is 6.08 Å². The predicted octanol–water partition coefficient (Wildman–Crippen LogP) is 3.95. The topological polar surface area (TPSA) is 70.7 Å². The lowest BCUT2D eigenvalue weighted by Crippen LogP contribution is -2.40. The van der Waals surface area contributed by atoms with Crippen LogP contribution in [0.5, 0.6) is 0 Å². The monoisotopic (exact) mass is 416 g/mol. The molecule has 1 aromatic carbocycles. The number of aromatic nitrogens is 2. The number of carbonyl (C=O) groups is 1. The maximum atomic E-state index is 13.7. The number of carbonyl (C=O) groups excluding carboxylic acids is 1. The van der Waals surface area contributed by atoms with Gasteiger partial charge in [-0.3, -0.25) is 9.48 Å². The van der Waals surface area contributed by atoms with Gasteiger partial charge < -0.3 is 10.1 Å². The summed E-state index contributed by atoms with van der Waals surface area (Å²) in [7, 11) is 0. The smallest absolute Gasteiger partial charge is 0.244 e. The molecule has 6 nitrogen and oxygen atoms in total. The Bertz CT molecular complexity index is 940. The van der Waals surface area contributed by atoms with E-state index in [-0.39, 0.29) is 23.9 Å². The van der Waals surface area contributed by atoms with Crippen LogP contribution in [0.4, 0.5) is 8.78 Å². The number of hydrogen-bond donors (Lipinski definition) is 1. The first-order chi connectivity index (χ1) is 14.4. The zero-order valence-electron chi connectivity index (χ0n) is 17.2.